The van der Waals surface area contributed by atoms with Gasteiger partial charge in [0.1, 0.15) is 17.4 Å². The van der Waals surface area contributed by atoms with Crippen LogP contribution in [0.5, 0.6) is 0 Å². The fourth-order valence-electron chi connectivity index (χ4n) is 3.76. The molecule has 138 valence electrons. The second kappa shape index (κ2) is 5.88. The Morgan fingerprint density at radius 1 is 1.07 bits per heavy atom. The number of oxime groups is 1. The first-order chi connectivity index (χ1) is 13.6. The molecule has 7 heteroatoms. The number of fused-ring (bicyclic) bond motifs is 2. The van der Waals surface area contributed by atoms with Crippen LogP contribution in [-0.4, -0.2) is 17.4 Å². The standard InChI is InChI=1S/C21H13FN2O4/c22-13-9-7-12(8-10-13)18-17(19(25)16-6-3-11-27-16)21(28-24-18)14-4-1-2-5-15(14)23-20(21)26/h1-11,17H,(H,23,26)/t17-,21+/m1/s1. The Morgan fingerprint density at radius 3 is 2.61 bits per heavy atom. The molecule has 0 unspecified atom stereocenters. The Labute approximate surface area is 158 Å². The number of nitrogens with zero attached hydrogens (tertiary/aromatic N) is 1. The van der Waals surface area contributed by atoms with Gasteiger partial charge in [-0.25, -0.2) is 4.39 Å². The number of amides is 1. The Morgan fingerprint density at radius 2 is 1.86 bits per heavy atom. The number of carbonyl (C=O) groups excluding carboxylic acids is 2. The van der Waals surface area contributed by atoms with Crippen LogP contribution in [-0.2, 0) is 15.2 Å². The van der Waals surface area contributed by atoms with Crippen molar-refractivity contribution in [2.24, 2.45) is 11.1 Å². The lowest BCUT2D eigenvalue weighted by molar-refractivity contribution is -0.140. The molecule has 6 nitrogen and oxygen atoms in total. The smallest absolute Gasteiger partial charge is 0.277 e. The number of carbonyl (C=O) groups is 2. The first-order valence-corrected chi connectivity index (χ1v) is 8.62. The minimum absolute atomic E-state index is 0.0851. The third kappa shape index (κ3) is 2.16. The van der Waals surface area contributed by atoms with Gasteiger partial charge in [0.25, 0.3) is 11.5 Å². The second-order valence-corrected chi connectivity index (χ2v) is 6.58. The lowest BCUT2D eigenvalue weighted by Gasteiger charge is -2.26. The van der Waals surface area contributed by atoms with Gasteiger partial charge in [0.2, 0.25) is 5.78 Å². The van der Waals surface area contributed by atoms with Crippen LogP contribution in [0.25, 0.3) is 0 Å². The first kappa shape index (κ1) is 16.4. The predicted octanol–water partition coefficient (Wildman–Crippen LogP) is 3.50. The molecular weight excluding hydrogens is 363 g/mol. The summed E-state index contributed by atoms with van der Waals surface area (Å²) in [6.45, 7) is 0. The van der Waals surface area contributed by atoms with E-state index < -0.39 is 29.0 Å². The summed E-state index contributed by atoms with van der Waals surface area (Å²) in [5.74, 6) is -2.36. The van der Waals surface area contributed by atoms with E-state index in [0.717, 1.165) is 0 Å². The molecule has 2 aliphatic rings. The molecule has 1 amide bonds. The number of nitrogens with one attached hydrogen (secondary N) is 1. The van der Waals surface area contributed by atoms with Gasteiger partial charge in [-0.05, 0) is 30.3 Å². The maximum absolute atomic E-state index is 13.4. The number of benzene rings is 2. The molecule has 2 aromatic carbocycles. The van der Waals surface area contributed by atoms with E-state index in [4.69, 9.17) is 9.25 Å². The number of ketones is 1. The molecule has 0 fully saturated rings. The fraction of sp³-hybridized carbons (Fsp3) is 0.0952. The van der Waals surface area contributed by atoms with Crippen molar-refractivity contribution in [1.82, 2.24) is 0 Å². The van der Waals surface area contributed by atoms with Gasteiger partial charge < -0.3 is 14.6 Å². The van der Waals surface area contributed by atoms with Crippen molar-refractivity contribution < 1.29 is 23.2 Å². The predicted molar refractivity (Wildman–Crippen MR) is 97.3 cm³/mol. The van der Waals surface area contributed by atoms with Crippen molar-refractivity contribution in [3.8, 4) is 0 Å². The van der Waals surface area contributed by atoms with E-state index in [2.05, 4.69) is 10.5 Å². The maximum Gasteiger partial charge on any atom is 0.277 e. The van der Waals surface area contributed by atoms with Crippen molar-refractivity contribution >= 4 is 23.1 Å². The van der Waals surface area contributed by atoms with E-state index >= 15 is 0 Å². The first-order valence-electron chi connectivity index (χ1n) is 8.62. The van der Waals surface area contributed by atoms with Gasteiger partial charge in [-0.2, -0.15) is 0 Å². The Hall–Kier alpha value is -3.74. The molecule has 1 aromatic heterocycles. The molecule has 0 radical (unpaired) electrons. The summed E-state index contributed by atoms with van der Waals surface area (Å²) < 4.78 is 18.7. The number of rotatable bonds is 3. The van der Waals surface area contributed by atoms with Crippen LogP contribution in [0.3, 0.4) is 0 Å². The fourth-order valence-corrected chi connectivity index (χ4v) is 3.76. The van der Waals surface area contributed by atoms with Crippen molar-refractivity contribution in [2.75, 3.05) is 5.32 Å². The summed E-state index contributed by atoms with van der Waals surface area (Å²) in [6, 6.07) is 15.6. The number of halogens is 1. The molecule has 5 rings (SSSR count). The van der Waals surface area contributed by atoms with Crippen LogP contribution >= 0.6 is 0 Å². The number of furan rings is 1. The lowest BCUT2D eigenvalue weighted by Crippen LogP contribution is -2.46. The Bertz CT molecular complexity index is 1120. The molecule has 3 heterocycles. The van der Waals surface area contributed by atoms with Gasteiger partial charge in [0.15, 0.2) is 5.76 Å². The van der Waals surface area contributed by atoms with Crippen LogP contribution in [0.15, 0.2) is 76.5 Å². The van der Waals surface area contributed by atoms with Gasteiger partial charge in [-0.1, -0.05) is 35.5 Å². The highest BCUT2D eigenvalue weighted by Gasteiger charge is 2.63. The summed E-state index contributed by atoms with van der Waals surface area (Å²) in [4.78, 5) is 32.1. The zero-order valence-corrected chi connectivity index (χ0v) is 14.4. The van der Waals surface area contributed by atoms with Crippen molar-refractivity contribution in [3.63, 3.8) is 0 Å². The second-order valence-electron chi connectivity index (χ2n) is 6.58. The lowest BCUT2D eigenvalue weighted by atomic mass is 9.75. The molecule has 1 N–H and O–H groups in total. The average molecular weight is 376 g/mol. The third-order valence-electron chi connectivity index (χ3n) is 5.05. The molecule has 1 spiro atoms. The van der Waals surface area contributed by atoms with E-state index in [0.29, 0.717) is 16.8 Å². The molecule has 28 heavy (non-hydrogen) atoms. The third-order valence-corrected chi connectivity index (χ3v) is 5.05. The summed E-state index contributed by atoms with van der Waals surface area (Å²) in [5, 5.41) is 6.86. The van der Waals surface area contributed by atoms with Crippen LogP contribution in [0, 0.1) is 11.7 Å². The summed E-state index contributed by atoms with van der Waals surface area (Å²) in [5.41, 5.74) is 0.157. The number of para-hydroxylation sites is 1. The summed E-state index contributed by atoms with van der Waals surface area (Å²) in [7, 11) is 0. The molecule has 0 bridgehead atoms. The maximum atomic E-state index is 13.4. The molecule has 2 atom stereocenters. The van der Waals surface area contributed by atoms with E-state index in [9.17, 15) is 14.0 Å². The van der Waals surface area contributed by atoms with Gasteiger partial charge in [-0.15, -0.1) is 0 Å². The van der Waals surface area contributed by atoms with Crippen molar-refractivity contribution in [2.45, 2.75) is 5.60 Å². The minimum atomic E-state index is -1.65. The van der Waals surface area contributed by atoms with Gasteiger partial charge in [-0.3, -0.25) is 9.59 Å². The largest absolute Gasteiger partial charge is 0.461 e. The summed E-state index contributed by atoms with van der Waals surface area (Å²) in [6.07, 6.45) is 1.38. The molecule has 0 aliphatic carbocycles. The highest BCUT2D eigenvalue weighted by molar-refractivity contribution is 6.24. The number of hydrogen-bond acceptors (Lipinski definition) is 5. The van der Waals surface area contributed by atoms with Crippen molar-refractivity contribution in [1.29, 1.82) is 0 Å². The molecule has 3 aromatic rings. The van der Waals surface area contributed by atoms with E-state index in [1.165, 1.54) is 36.6 Å². The monoisotopic (exact) mass is 376 g/mol. The molecule has 0 saturated heterocycles. The Kier molecular flexibility index (Phi) is 3.45. The van der Waals surface area contributed by atoms with Gasteiger partial charge in [0.05, 0.1) is 6.26 Å². The highest BCUT2D eigenvalue weighted by atomic mass is 19.1. The number of Topliss-reactive ketones (excluding diaryl/α,β-unsaturated/α-hetero) is 1. The number of hydrogen-bond donors (Lipinski definition) is 1. The van der Waals surface area contributed by atoms with Crippen LogP contribution in [0.2, 0.25) is 0 Å². The van der Waals surface area contributed by atoms with E-state index in [1.54, 1.807) is 30.3 Å². The van der Waals surface area contributed by atoms with Crippen LogP contribution in [0.1, 0.15) is 21.7 Å². The number of anilines is 1. The van der Waals surface area contributed by atoms with Gasteiger partial charge in [0, 0.05) is 16.8 Å². The van der Waals surface area contributed by atoms with Crippen LogP contribution < -0.4 is 5.32 Å². The quantitative estimate of drug-likeness (QED) is 0.710. The SMILES string of the molecule is O=C(c1ccco1)[C@H]1C(c2ccc(F)cc2)=NO[C@]12C(=O)Nc1ccccc12. The highest BCUT2D eigenvalue weighted by Crippen LogP contribution is 2.49. The van der Waals surface area contributed by atoms with E-state index in [-0.39, 0.29) is 11.5 Å². The van der Waals surface area contributed by atoms with Gasteiger partial charge >= 0.3 is 0 Å². The molecule has 2 aliphatic heterocycles. The normalized spacial score (nSPS) is 22.5. The van der Waals surface area contributed by atoms with E-state index in [1.807, 2.05) is 0 Å². The zero-order chi connectivity index (χ0) is 19.3. The van der Waals surface area contributed by atoms with Crippen LogP contribution in [0.4, 0.5) is 10.1 Å². The molecule has 0 saturated carbocycles. The average Bonchev–Trinajstić information content (AvgIpc) is 3.42. The molecular formula is C21H13FN2O4. The zero-order valence-electron chi connectivity index (χ0n) is 14.4. The Balaban J connectivity index is 1.70. The van der Waals surface area contributed by atoms with Crippen molar-refractivity contribution in [3.05, 3.63) is 89.6 Å². The minimum Gasteiger partial charge on any atom is -0.461 e. The summed E-state index contributed by atoms with van der Waals surface area (Å²) >= 11 is 0. The topological polar surface area (TPSA) is 80.9 Å².